The molecule has 0 aliphatic carbocycles. The van der Waals surface area contributed by atoms with Crippen molar-refractivity contribution in [2.45, 2.75) is 32.5 Å². The summed E-state index contributed by atoms with van der Waals surface area (Å²) in [5.41, 5.74) is 0. The smallest absolute Gasteiger partial charge is 0.403 e. The van der Waals surface area contributed by atoms with E-state index in [1.165, 1.54) is 0 Å². The van der Waals surface area contributed by atoms with Crippen LogP contribution < -0.4 is 5.32 Å². The molecule has 0 aromatic carbocycles. The van der Waals surface area contributed by atoms with Gasteiger partial charge >= 0.3 is 12.1 Å². The topological polar surface area (TPSA) is 69.6 Å². The Labute approximate surface area is 97.8 Å². The van der Waals surface area contributed by atoms with Crippen molar-refractivity contribution >= 4 is 5.97 Å². The highest BCUT2D eigenvalue weighted by molar-refractivity contribution is 5.71. The first-order valence-electron chi connectivity index (χ1n) is 5.32. The number of aliphatic hydroxyl groups is 1. The van der Waals surface area contributed by atoms with E-state index in [2.05, 4.69) is 5.32 Å². The monoisotopic (exact) mass is 257 g/mol. The summed E-state index contributed by atoms with van der Waals surface area (Å²) in [6.07, 6.45) is -4.29. The number of nitrogens with one attached hydrogen (secondary N) is 1. The van der Waals surface area contributed by atoms with Gasteiger partial charge in [-0.3, -0.25) is 4.79 Å². The number of hydrogen-bond acceptors (Lipinski definition) is 3. The third-order valence-corrected chi connectivity index (χ3v) is 2.28. The maximum atomic E-state index is 12.3. The quantitative estimate of drug-likeness (QED) is 0.642. The molecule has 0 aliphatic rings. The second kappa shape index (κ2) is 6.80. The molecule has 0 saturated carbocycles. The first-order valence-corrected chi connectivity index (χ1v) is 5.32. The molecular formula is C10H18F3NO3. The van der Waals surface area contributed by atoms with E-state index in [1.54, 1.807) is 0 Å². The van der Waals surface area contributed by atoms with Gasteiger partial charge in [0, 0.05) is 12.6 Å². The van der Waals surface area contributed by atoms with E-state index >= 15 is 0 Å². The third-order valence-electron chi connectivity index (χ3n) is 2.28. The van der Waals surface area contributed by atoms with Crippen LogP contribution in [0.15, 0.2) is 0 Å². The summed E-state index contributed by atoms with van der Waals surface area (Å²) < 4.78 is 36.9. The molecule has 2 atom stereocenters. The van der Waals surface area contributed by atoms with Gasteiger partial charge in [0.15, 0.2) is 5.92 Å². The molecule has 0 radical (unpaired) electrons. The van der Waals surface area contributed by atoms with Crippen LogP contribution in [0.2, 0.25) is 0 Å². The number of aliphatic carboxylic acids is 1. The second-order valence-electron chi connectivity index (χ2n) is 4.35. The van der Waals surface area contributed by atoms with Crippen LogP contribution in [0.1, 0.15) is 20.3 Å². The van der Waals surface area contributed by atoms with Crippen LogP contribution in [0, 0.1) is 11.8 Å². The first-order chi connectivity index (χ1) is 7.68. The molecular weight excluding hydrogens is 239 g/mol. The zero-order chi connectivity index (χ0) is 13.6. The Balaban J connectivity index is 4.34. The number of carboxylic acids is 1. The molecule has 2 unspecified atom stereocenters. The normalized spacial score (nSPS) is 15.9. The van der Waals surface area contributed by atoms with Crippen LogP contribution in [0.5, 0.6) is 0 Å². The van der Waals surface area contributed by atoms with Gasteiger partial charge in [-0.25, -0.2) is 0 Å². The van der Waals surface area contributed by atoms with Crippen molar-refractivity contribution in [1.29, 1.82) is 0 Å². The average molecular weight is 257 g/mol. The minimum absolute atomic E-state index is 0.203. The highest BCUT2D eigenvalue weighted by atomic mass is 19.4. The Morgan fingerprint density at radius 1 is 1.35 bits per heavy atom. The zero-order valence-corrected chi connectivity index (χ0v) is 9.79. The van der Waals surface area contributed by atoms with Crippen molar-refractivity contribution in [2.24, 2.45) is 11.8 Å². The van der Waals surface area contributed by atoms with Crippen LogP contribution in [0.25, 0.3) is 0 Å². The van der Waals surface area contributed by atoms with Crippen molar-refractivity contribution in [3.05, 3.63) is 0 Å². The van der Waals surface area contributed by atoms with E-state index in [1.807, 2.05) is 13.8 Å². The number of aliphatic hydroxyl groups excluding tert-OH is 1. The predicted molar refractivity (Wildman–Crippen MR) is 55.5 cm³/mol. The molecule has 0 saturated heterocycles. The molecule has 102 valence electrons. The van der Waals surface area contributed by atoms with Gasteiger partial charge in [0.2, 0.25) is 0 Å². The summed E-state index contributed by atoms with van der Waals surface area (Å²) in [7, 11) is 0. The lowest BCUT2D eigenvalue weighted by molar-refractivity contribution is -0.192. The fraction of sp³-hybridized carbons (Fsp3) is 0.900. The number of rotatable bonds is 7. The summed E-state index contributed by atoms with van der Waals surface area (Å²) in [4.78, 5) is 10.4. The molecule has 7 heteroatoms. The molecule has 0 aromatic rings. The SMILES string of the molecule is CC(C)CC(CO)NCC(C(=O)O)C(F)(F)F. The van der Waals surface area contributed by atoms with Crippen LogP contribution in [-0.2, 0) is 4.79 Å². The zero-order valence-electron chi connectivity index (χ0n) is 9.79. The minimum Gasteiger partial charge on any atom is -0.481 e. The third kappa shape index (κ3) is 6.48. The Morgan fingerprint density at radius 3 is 2.18 bits per heavy atom. The molecule has 0 bridgehead atoms. The van der Waals surface area contributed by atoms with E-state index in [0.717, 1.165) is 0 Å². The van der Waals surface area contributed by atoms with Crippen molar-refractivity contribution in [3.8, 4) is 0 Å². The molecule has 0 spiro atoms. The summed E-state index contributed by atoms with van der Waals surface area (Å²) in [5.74, 6) is -4.15. The van der Waals surface area contributed by atoms with E-state index in [-0.39, 0.29) is 12.5 Å². The van der Waals surface area contributed by atoms with Crippen molar-refractivity contribution < 1.29 is 28.2 Å². The Kier molecular flexibility index (Phi) is 6.48. The van der Waals surface area contributed by atoms with Gasteiger partial charge in [-0.2, -0.15) is 13.2 Å². The van der Waals surface area contributed by atoms with Crippen LogP contribution in [0.3, 0.4) is 0 Å². The van der Waals surface area contributed by atoms with Gasteiger partial charge in [-0.05, 0) is 12.3 Å². The van der Waals surface area contributed by atoms with Crippen molar-refractivity contribution in [2.75, 3.05) is 13.2 Å². The van der Waals surface area contributed by atoms with Gasteiger partial charge in [-0.15, -0.1) is 0 Å². The molecule has 4 nitrogen and oxygen atoms in total. The first kappa shape index (κ1) is 16.2. The van der Waals surface area contributed by atoms with Gasteiger partial charge in [0.25, 0.3) is 0 Å². The lowest BCUT2D eigenvalue weighted by Crippen LogP contribution is -2.44. The van der Waals surface area contributed by atoms with Gasteiger partial charge in [0.1, 0.15) is 0 Å². The van der Waals surface area contributed by atoms with Crippen LogP contribution in [0.4, 0.5) is 13.2 Å². The highest BCUT2D eigenvalue weighted by Gasteiger charge is 2.44. The summed E-state index contributed by atoms with van der Waals surface area (Å²) >= 11 is 0. The Bertz CT molecular complexity index is 243. The van der Waals surface area contributed by atoms with Gasteiger partial charge in [-0.1, -0.05) is 13.8 Å². The van der Waals surface area contributed by atoms with Crippen LogP contribution >= 0.6 is 0 Å². The fourth-order valence-corrected chi connectivity index (χ4v) is 1.42. The molecule has 0 rings (SSSR count). The fourth-order valence-electron chi connectivity index (χ4n) is 1.42. The highest BCUT2D eigenvalue weighted by Crippen LogP contribution is 2.26. The molecule has 0 aliphatic heterocycles. The average Bonchev–Trinajstić information content (AvgIpc) is 2.12. The Hall–Kier alpha value is -0.820. The lowest BCUT2D eigenvalue weighted by atomic mass is 10.0. The minimum atomic E-state index is -4.78. The summed E-state index contributed by atoms with van der Waals surface area (Å²) in [6.45, 7) is 2.69. The van der Waals surface area contributed by atoms with Crippen LogP contribution in [-0.4, -0.2) is 41.6 Å². The molecule has 3 N–H and O–H groups in total. The maximum absolute atomic E-state index is 12.3. The van der Waals surface area contributed by atoms with E-state index < -0.39 is 30.7 Å². The number of carboxylic acid groups (broad SMARTS) is 1. The number of hydrogen-bond donors (Lipinski definition) is 3. The van der Waals surface area contributed by atoms with Gasteiger partial charge in [0.05, 0.1) is 6.61 Å². The second-order valence-corrected chi connectivity index (χ2v) is 4.35. The standard InChI is InChI=1S/C10H18F3NO3/c1-6(2)3-7(5-15)14-4-8(9(16)17)10(11,12)13/h6-8,14-15H,3-5H2,1-2H3,(H,16,17). The number of halogens is 3. The molecule has 0 fully saturated rings. The van der Waals surface area contributed by atoms with Crippen molar-refractivity contribution in [3.63, 3.8) is 0 Å². The van der Waals surface area contributed by atoms with Crippen molar-refractivity contribution in [1.82, 2.24) is 5.32 Å². The van der Waals surface area contributed by atoms with E-state index in [0.29, 0.717) is 6.42 Å². The number of carbonyl (C=O) groups is 1. The summed E-state index contributed by atoms with van der Waals surface area (Å²) in [5, 5.41) is 19.8. The molecule has 17 heavy (non-hydrogen) atoms. The molecule has 0 heterocycles. The summed E-state index contributed by atoms with van der Waals surface area (Å²) in [6, 6.07) is -0.515. The van der Waals surface area contributed by atoms with E-state index in [4.69, 9.17) is 10.2 Å². The number of alkyl halides is 3. The maximum Gasteiger partial charge on any atom is 0.403 e. The lowest BCUT2D eigenvalue weighted by Gasteiger charge is -2.22. The largest absolute Gasteiger partial charge is 0.481 e. The Morgan fingerprint density at radius 2 is 1.88 bits per heavy atom. The van der Waals surface area contributed by atoms with Gasteiger partial charge < -0.3 is 15.5 Å². The van der Waals surface area contributed by atoms with E-state index in [9.17, 15) is 18.0 Å². The predicted octanol–water partition coefficient (Wildman–Crippen LogP) is 1.25. The molecule has 0 aromatic heterocycles. The molecule has 0 amide bonds.